The van der Waals surface area contributed by atoms with Crippen LogP contribution in [0.1, 0.15) is 20.8 Å². The molecule has 2 amide bonds. The first-order chi connectivity index (χ1) is 11.0. The topological polar surface area (TPSA) is 104 Å². The number of carbonyl (C=O) groups excluding carboxylic acids is 2. The number of sulfonamides is 1. The van der Waals surface area contributed by atoms with E-state index in [0.29, 0.717) is 17.9 Å². The van der Waals surface area contributed by atoms with Gasteiger partial charge in [-0.25, -0.2) is 8.42 Å². The van der Waals surface area contributed by atoms with Crippen LogP contribution in [0.5, 0.6) is 0 Å². The molecule has 0 spiro atoms. The molecule has 1 fully saturated rings. The standard InChI is InChI=1S/C16H23N3O4S/c1-16(2,3)12-9-17-14(20)13(12)15(21)18-10-6-5-7-11(8-10)19-24(4,22)23/h5-8,12-13,19H,9H2,1-4H3,(H,17,20)(H,18,21)/t12-,13-/m1/s1. The van der Waals surface area contributed by atoms with Crippen molar-refractivity contribution in [3.05, 3.63) is 24.3 Å². The van der Waals surface area contributed by atoms with Crippen molar-refractivity contribution >= 4 is 33.2 Å². The number of nitrogens with one attached hydrogen (secondary N) is 3. The van der Waals surface area contributed by atoms with Gasteiger partial charge in [0.1, 0.15) is 5.92 Å². The van der Waals surface area contributed by atoms with E-state index in [2.05, 4.69) is 15.4 Å². The van der Waals surface area contributed by atoms with Gasteiger partial charge in [-0.1, -0.05) is 26.8 Å². The van der Waals surface area contributed by atoms with Gasteiger partial charge >= 0.3 is 0 Å². The molecule has 1 aliphatic heterocycles. The van der Waals surface area contributed by atoms with Gasteiger partial charge in [0, 0.05) is 18.2 Å². The normalized spacial score (nSPS) is 21.2. The fourth-order valence-corrected chi connectivity index (χ4v) is 3.38. The van der Waals surface area contributed by atoms with Gasteiger partial charge in [0.25, 0.3) is 0 Å². The highest BCUT2D eigenvalue weighted by atomic mass is 32.2. The van der Waals surface area contributed by atoms with Crippen molar-refractivity contribution in [2.45, 2.75) is 20.8 Å². The molecule has 0 bridgehead atoms. The molecule has 0 unspecified atom stereocenters. The third-order valence-corrected chi connectivity index (χ3v) is 4.62. The second-order valence-corrected chi connectivity index (χ2v) is 8.89. The van der Waals surface area contributed by atoms with Crippen molar-refractivity contribution in [3.63, 3.8) is 0 Å². The second-order valence-electron chi connectivity index (χ2n) is 7.14. The van der Waals surface area contributed by atoms with Gasteiger partial charge in [-0.15, -0.1) is 0 Å². The van der Waals surface area contributed by atoms with E-state index in [-0.39, 0.29) is 23.1 Å². The Hall–Kier alpha value is -2.09. The number of carbonyl (C=O) groups is 2. The average Bonchev–Trinajstić information content (AvgIpc) is 2.79. The minimum atomic E-state index is -3.40. The lowest BCUT2D eigenvalue weighted by molar-refractivity contribution is -0.132. The molecule has 7 nitrogen and oxygen atoms in total. The van der Waals surface area contributed by atoms with E-state index >= 15 is 0 Å². The van der Waals surface area contributed by atoms with E-state index < -0.39 is 15.9 Å². The highest BCUT2D eigenvalue weighted by Crippen LogP contribution is 2.35. The number of hydrogen-bond donors (Lipinski definition) is 3. The monoisotopic (exact) mass is 353 g/mol. The zero-order valence-corrected chi connectivity index (χ0v) is 15.0. The third-order valence-electron chi connectivity index (χ3n) is 4.01. The molecule has 132 valence electrons. The molecular weight excluding hydrogens is 330 g/mol. The van der Waals surface area contributed by atoms with Crippen molar-refractivity contribution in [2.75, 3.05) is 22.8 Å². The molecule has 0 aromatic heterocycles. The molecule has 8 heteroatoms. The minimum absolute atomic E-state index is 0.109. The quantitative estimate of drug-likeness (QED) is 0.712. The van der Waals surface area contributed by atoms with Crippen molar-refractivity contribution in [2.24, 2.45) is 17.3 Å². The molecule has 2 atom stereocenters. The minimum Gasteiger partial charge on any atom is -0.355 e. The molecule has 3 N–H and O–H groups in total. The Morgan fingerprint density at radius 1 is 1.25 bits per heavy atom. The highest BCUT2D eigenvalue weighted by molar-refractivity contribution is 7.92. The largest absolute Gasteiger partial charge is 0.355 e. The van der Waals surface area contributed by atoms with E-state index in [1.54, 1.807) is 18.2 Å². The van der Waals surface area contributed by atoms with Crippen molar-refractivity contribution < 1.29 is 18.0 Å². The summed E-state index contributed by atoms with van der Waals surface area (Å²) < 4.78 is 24.9. The first-order valence-electron chi connectivity index (χ1n) is 7.64. The number of anilines is 2. The maximum absolute atomic E-state index is 12.6. The summed E-state index contributed by atoms with van der Waals surface area (Å²) in [7, 11) is -3.40. The van der Waals surface area contributed by atoms with E-state index in [1.165, 1.54) is 6.07 Å². The number of benzene rings is 1. The Morgan fingerprint density at radius 3 is 2.46 bits per heavy atom. The van der Waals surface area contributed by atoms with Crippen LogP contribution >= 0.6 is 0 Å². The summed E-state index contributed by atoms with van der Waals surface area (Å²) in [5.74, 6) is -1.54. The molecule has 1 aromatic rings. The van der Waals surface area contributed by atoms with Crippen LogP contribution in [0.4, 0.5) is 11.4 Å². The van der Waals surface area contributed by atoms with Crippen LogP contribution in [0.25, 0.3) is 0 Å². The van der Waals surface area contributed by atoms with Crippen LogP contribution in [0.3, 0.4) is 0 Å². The summed E-state index contributed by atoms with van der Waals surface area (Å²) in [4.78, 5) is 24.6. The van der Waals surface area contributed by atoms with Crippen LogP contribution < -0.4 is 15.4 Å². The Bertz CT molecular complexity index is 753. The van der Waals surface area contributed by atoms with Gasteiger partial charge in [-0.05, 0) is 23.6 Å². The summed E-state index contributed by atoms with van der Waals surface area (Å²) >= 11 is 0. The van der Waals surface area contributed by atoms with Crippen LogP contribution in [-0.4, -0.2) is 33.0 Å². The maximum Gasteiger partial charge on any atom is 0.237 e. The first kappa shape index (κ1) is 18.3. The van der Waals surface area contributed by atoms with Crippen LogP contribution in [0.2, 0.25) is 0 Å². The predicted octanol–water partition coefficient (Wildman–Crippen LogP) is 1.40. The average molecular weight is 353 g/mol. The number of rotatable bonds is 4. The highest BCUT2D eigenvalue weighted by Gasteiger charge is 2.45. The van der Waals surface area contributed by atoms with Crippen LogP contribution in [0.15, 0.2) is 24.3 Å². The van der Waals surface area contributed by atoms with Crippen molar-refractivity contribution in [1.29, 1.82) is 0 Å². The van der Waals surface area contributed by atoms with E-state index in [0.717, 1.165) is 6.26 Å². The van der Waals surface area contributed by atoms with Gasteiger partial charge in [0.05, 0.1) is 11.9 Å². The third kappa shape index (κ3) is 4.47. The van der Waals surface area contributed by atoms with E-state index in [1.807, 2.05) is 20.8 Å². The van der Waals surface area contributed by atoms with Crippen molar-refractivity contribution in [3.8, 4) is 0 Å². The zero-order valence-electron chi connectivity index (χ0n) is 14.2. The Balaban J connectivity index is 2.17. The molecule has 1 aliphatic rings. The summed E-state index contributed by atoms with van der Waals surface area (Å²) in [6.07, 6.45) is 1.05. The van der Waals surface area contributed by atoms with Crippen LogP contribution in [-0.2, 0) is 19.6 Å². The van der Waals surface area contributed by atoms with Gasteiger partial charge < -0.3 is 10.6 Å². The number of hydrogen-bond acceptors (Lipinski definition) is 4. The molecule has 1 heterocycles. The predicted molar refractivity (Wildman–Crippen MR) is 93.0 cm³/mol. The molecule has 0 aliphatic carbocycles. The van der Waals surface area contributed by atoms with Gasteiger partial charge in [-0.3, -0.25) is 14.3 Å². The molecule has 2 rings (SSSR count). The summed E-state index contributed by atoms with van der Waals surface area (Å²) in [6, 6.07) is 6.36. The Labute approximate surface area is 142 Å². The summed E-state index contributed by atoms with van der Waals surface area (Å²) in [5, 5.41) is 5.45. The smallest absolute Gasteiger partial charge is 0.237 e. The van der Waals surface area contributed by atoms with Gasteiger partial charge in [-0.2, -0.15) is 0 Å². The number of amides is 2. The Morgan fingerprint density at radius 2 is 1.88 bits per heavy atom. The lowest BCUT2D eigenvalue weighted by Crippen LogP contribution is -2.37. The SMILES string of the molecule is CC(C)(C)[C@@H]1CNC(=O)[C@@H]1C(=O)Nc1cccc(NS(C)(=O)=O)c1. The lowest BCUT2D eigenvalue weighted by atomic mass is 9.74. The van der Waals surface area contributed by atoms with Crippen molar-refractivity contribution in [1.82, 2.24) is 5.32 Å². The molecule has 0 radical (unpaired) electrons. The fourth-order valence-electron chi connectivity index (χ4n) is 2.82. The molecule has 24 heavy (non-hydrogen) atoms. The first-order valence-corrected chi connectivity index (χ1v) is 9.53. The molecule has 0 saturated carbocycles. The van der Waals surface area contributed by atoms with E-state index in [4.69, 9.17) is 0 Å². The molecular formula is C16H23N3O4S. The molecule has 1 saturated heterocycles. The van der Waals surface area contributed by atoms with Gasteiger partial charge in [0.15, 0.2) is 0 Å². The summed E-state index contributed by atoms with van der Waals surface area (Å²) in [5.41, 5.74) is 0.584. The second kappa shape index (κ2) is 6.43. The van der Waals surface area contributed by atoms with E-state index in [9.17, 15) is 18.0 Å². The van der Waals surface area contributed by atoms with Crippen LogP contribution in [0, 0.1) is 17.3 Å². The summed E-state index contributed by atoms with van der Waals surface area (Å²) in [6.45, 7) is 6.45. The molecule has 1 aromatic carbocycles. The fraction of sp³-hybridized carbons (Fsp3) is 0.500. The lowest BCUT2D eigenvalue weighted by Gasteiger charge is -2.29. The Kier molecular flexibility index (Phi) is 4.89. The zero-order chi connectivity index (χ0) is 18.1. The maximum atomic E-state index is 12.6. The van der Waals surface area contributed by atoms with Gasteiger partial charge in [0.2, 0.25) is 21.8 Å².